The van der Waals surface area contributed by atoms with Gasteiger partial charge in [-0.25, -0.2) is 13.8 Å². The zero-order chi connectivity index (χ0) is 26.7. The first-order chi connectivity index (χ1) is 18.3. The van der Waals surface area contributed by atoms with Gasteiger partial charge in [0.2, 0.25) is 0 Å². The van der Waals surface area contributed by atoms with Crippen LogP contribution in [0.1, 0.15) is 23.1 Å². The first-order valence-corrected chi connectivity index (χ1v) is 12.4. The van der Waals surface area contributed by atoms with Crippen molar-refractivity contribution in [3.8, 4) is 23.2 Å². The van der Waals surface area contributed by atoms with Gasteiger partial charge in [0.05, 0.1) is 23.5 Å². The molecule has 0 spiro atoms. The summed E-state index contributed by atoms with van der Waals surface area (Å²) in [7, 11) is 1.72. The maximum absolute atomic E-state index is 16.3. The fourth-order valence-corrected chi connectivity index (χ4v) is 6.13. The molecule has 4 aromatic rings. The van der Waals surface area contributed by atoms with Crippen LogP contribution >= 0.6 is 11.3 Å². The van der Waals surface area contributed by atoms with Gasteiger partial charge in [-0.1, -0.05) is 6.07 Å². The lowest BCUT2D eigenvalue weighted by Crippen LogP contribution is -2.30. The van der Waals surface area contributed by atoms with Crippen molar-refractivity contribution in [3.05, 3.63) is 58.3 Å². The average Bonchev–Trinajstić information content (AvgIpc) is 3.61. The fourth-order valence-electron chi connectivity index (χ4n) is 5.19. The van der Waals surface area contributed by atoms with Gasteiger partial charge in [-0.2, -0.15) is 19.0 Å². The van der Waals surface area contributed by atoms with Crippen molar-refractivity contribution in [2.45, 2.75) is 25.7 Å². The lowest BCUT2D eigenvalue weighted by molar-refractivity contribution is 0.135. The molecule has 4 heterocycles. The van der Waals surface area contributed by atoms with E-state index in [0.717, 1.165) is 11.3 Å². The van der Waals surface area contributed by atoms with E-state index in [1.54, 1.807) is 11.9 Å². The minimum absolute atomic E-state index is 0.0244. The van der Waals surface area contributed by atoms with E-state index < -0.39 is 17.7 Å². The zero-order valence-corrected chi connectivity index (χ0v) is 20.8. The standard InChI is InChI=1S/C26H19F4N5O2S/c1-35-7-11(24(29)30)4-12(35)8-37-26-33-6-15-16-9-36-10-17(16)19(21(28)22(15)34-26)13-2-3-18(27)23-20(13)14(5-31)25(32)38-23/h2-3,6,12H,4,7-10,32H2,1H3/t12-/m0/s1. The lowest BCUT2D eigenvalue weighted by atomic mass is 9.91. The van der Waals surface area contributed by atoms with Gasteiger partial charge >= 0.3 is 6.01 Å². The number of thiophene rings is 1. The number of aromatic nitrogens is 2. The number of benzene rings is 2. The van der Waals surface area contributed by atoms with Gasteiger partial charge in [0.15, 0.2) is 5.82 Å². The number of likely N-dealkylation sites (N-methyl/N-ethyl adjacent to an activating group) is 1. The Hall–Kier alpha value is -3.79. The highest BCUT2D eigenvalue weighted by Gasteiger charge is 2.31. The topological polar surface area (TPSA) is 97.3 Å². The molecule has 7 nitrogen and oxygen atoms in total. The number of hydrogen-bond acceptors (Lipinski definition) is 8. The molecular formula is C26H19F4N5O2S. The van der Waals surface area contributed by atoms with Crippen LogP contribution in [0.2, 0.25) is 0 Å². The first kappa shape index (κ1) is 24.5. The van der Waals surface area contributed by atoms with Crippen LogP contribution in [0.3, 0.4) is 0 Å². The second-order valence-corrected chi connectivity index (χ2v) is 10.3. The van der Waals surface area contributed by atoms with Crippen molar-refractivity contribution in [1.29, 1.82) is 5.26 Å². The number of nitrogens with two attached hydrogens (primary N) is 1. The molecule has 2 aliphatic rings. The Bertz CT molecular complexity index is 1710. The molecule has 0 unspecified atom stereocenters. The van der Waals surface area contributed by atoms with Gasteiger partial charge in [0.25, 0.3) is 6.08 Å². The SMILES string of the molecule is CN1CC(=C(F)F)C[C@H]1COc1ncc2c3c(c(-c4ccc(F)c5sc(N)c(C#N)c45)c(F)c2n1)COC3. The van der Waals surface area contributed by atoms with Crippen LogP contribution < -0.4 is 10.5 Å². The molecule has 2 aromatic heterocycles. The summed E-state index contributed by atoms with van der Waals surface area (Å²) in [5.74, 6) is -1.25. The van der Waals surface area contributed by atoms with E-state index in [0.29, 0.717) is 22.1 Å². The molecule has 0 amide bonds. The lowest BCUT2D eigenvalue weighted by Gasteiger charge is -2.19. The largest absolute Gasteiger partial charge is 0.462 e. The molecule has 2 N–H and O–H groups in total. The number of nitrogens with zero attached hydrogens (tertiary/aromatic N) is 4. The summed E-state index contributed by atoms with van der Waals surface area (Å²) in [5.41, 5.74) is 7.82. The predicted octanol–water partition coefficient (Wildman–Crippen LogP) is 5.51. The van der Waals surface area contributed by atoms with Gasteiger partial charge in [-0.15, -0.1) is 11.3 Å². The normalized spacial score (nSPS) is 17.4. The summed E-state index contributed by atoms with van der Waals surface area (Å²) in [6.07, 6.45) is -0.0813. The van der Waals surface area contributed by atoms with Crippen molar-refractivity contribution in [3.63, 3.8) is 0 Å². The number of fused-ring (bicyclic) bond motifs is 4. The van der Waals surface area contributed by atoms with E-state index in [1.807, 2.05) is 6.07 Å². The van der Waals surface area contributed by atoms with Crippen LogP contribution in [0.4, 0.5) is 22.6 Å². The minimum Gasteiger partial charge on any atom is -0.462 e. The van der Waals surface area contributed by atoms with Gasteiger partial charge in [0, 0.05) is 40.7 Å². The van der Waals surface area contributed by atoms with Crippen molar-refractivity contribution >= 4 is 37.3 Å². The van der Waals surface area contributed by atoms with Crippen molar-refractivity contribution < 1.29 is 27.0 Å². The van der Waals surface area contributed by atoms with E-state index in [1.165, 1.54) is 18.3 Å². The van der Waals surface area contributed by atoms with E-state index >= 15 is 4.39 Å². The molecule has 38 heavy (non-hydrogen) atoms. The minimum atomic E-state index is -1.69. The summed E-state index contributed by atoms with van der Waals surface area (Å²) in [6, 6.07) is 4.25. The Morgan fingerprint density at radius 2 is 2.08 bits per heavy atom. The summed E-state index contributed by atoms with van der Waals surface area (Å²) in [4.78, 5) is 10.3. The first-order valence-electron chi connectivity index (χ1n) is 11.6. The number of likely N-dealkylation sites (tertiary alicyclic amines) is 1. The van der Waals surface area contributed by atoms with Crippen LogP contribution in [0, 0.1) is 23.0 Å². The van der Waals surface area contributed by atoms with Crippen molar-refractivity contribution in [2.75, 3.05) is 25.9 Å². The summed E-state index contributed by atoms with van der Waals surface area (Å²) < 4.78 is 68.5. The third-order valence-electron chi connectivity index (χ3n) is 7.09. The molecular weight excluding hydrogens is 522 g/mol. The molecule has 0 saturated carbocycles. The molecule has 1 saturated heterocycles. The summed E-state index contributed by atoms with van der Waals surface area (Å²) in [6.45, 7) is 0.494. The molecule has 1 fully saturated rings. The maximum atomic E-state index is 16.3. The average molecular weight is 542 g/mol. The number of nitriles is 1. The smallest absolute Gasteiger partial charge is 0.317 e. The third-order valence-corrected chi connectivity index (χ3v) is 8.12. The predicted molar refractivity (Wildman–Crippen MR) is 134 cm³/mol. The van der Waals surface area contributed by atoms with Gasteiger partial charge in [0.1, 0.15) is 29.0 Å². The molecule has 2 aromatic carbocycles. The fraction of sp³-hybridized carbons (Fsp3) is 0.269. The van der Waals surface area contributed by atoms with Gasteiger partial charge < -0.3 is 15.2 Å². The molecule has 12 heteroatoms. The Morgan fingerprint density at radius 1 is 1.29 bits per heavy atom. The van der Waals surface area contributed by atoms with Gasteiger partial charge in [-0.05, 0) is 36.2 Å². The number of anilines is 1. The molecule has 1 atom stereocenters. The van der Waals surface area contributed by atoms with Gasteiger partial charge in [-0.3, -0.25) is 4.90 Å². The molecule has 2 aliphatic heterocycles. The van der Waals surface area contributed by atoms with E-state index in [4.69, 9.17) is 15.2 Å². The third kappa shape index (κ3) is 3.77. The Labute approximate surface area is 217 Å². The highest BCUT2D eigenvalue weighted by molar-refractivity contribution is 7.23. The Morgan fingerprint density at radius 3 is 2.82 bits per heavy atom. The zero-order valence-electron chi connectivity index (χ0n) is 19.9. The van der Waals surface area contributed by atoms with Crippen LogP contribution in [-0.4, -0.2) is 41.1 Å². The second-order valence-electron chi connectivity index (χ2n) is 9.25. The molecule has 6 rings (SSSR count). The highest BCUT2D eigenvalue weighted by Crippen LogP contribution is 2.46. The molecule has 0 aliphatic carbocycles. The number of nitrogen functional groups attached to an aromatic ring is 1. The molecule has 0 radical (unpaired) electrons. The van der Waals surface area contributed by atoms with Crippen LogP contribution in [0.5, 0.6) is 6.01 Å². The second kappa shape index (κ2) is 9.20. The van der Waals surface area contributed by atoms with Crippen LogP contribution in [-0.2, 0) is 18.0 Å². The summed E-state index contributed by atoms with van der Waals surface area (Å²) >= 11 is 0.931. The summed E-state index contributed by atoms with van der Waals surface area (Å²) in [5, 5.41) is 10.5. The molecule has 0 bridgehead atoms. The van der Waals surface area contributed by atoms with Crippen LogP contribution in [0.25, 0.3) is 32.1 Å². The van der Waals surface area contributed by atoms with Crippen molar-refractivity contribution in [2.24, 2.45) is 0 Å². The van der Waals surface area contributed by atoms with E-state index in [-0.39, 0.29) is 82.1 Å². The monoisotopic (exact) mass is 541 g/mol. The number of ether oxygens (including phenoxy) is 2. The molecule has 194 valence electrons. The Balaban J connectivity index is 1.47. The van der Waals surface area contributed by atoms with Crippen molar-refractivity contribution in [1.82, 2.24) is 14.9 Å². The van der Waals surface area contributed by atoms with Crippen LogP contribution in [0.15, 0.2) is 30.0 Å². The maximum Gasteiger partial charge on any atom is 0.317 e. The number of rotatable bonds is 4. The highest BCUT2D eigenvalue weighted by atomic mass is 32.1. The number of halogens is 4. The Kier molecular flexibility index (Phi) is 5.94. The van der Waals surface area contributed by atoms with E-state index in [2.05, 4.69) is 9.97 Å². The van der Waals surface area contributed by atoms with E-state index in [9.17, 15) is 18.4 Å². The quantitative estimate of drug-likeness (QED) is 0.341. The number of hydrogen-bond donors (Lipinski definition) is 1.